The minimum Gasteiger partial charge on any atom is -0.365 e. The Labute approximate surface area is 260 Å². The van der Waals surface area contributed by atoms with E-state index in [9.17, 15) is 13.2 Å². The second-order valence-electron chi connectivity index (χ2n) is 10.7. The largest absolute Gasteiger partial charge is 0.395 e. The molecule has 0 unspecified atom stereocenters. The molecule has 218 valence electrons. The smallest absolute Gasteiger partial charge is 0.365 e. The third-order valence-corrected chi connectivity index (χ3v) is 9.80. The van der Waals surface area contributed by atoms with Gasteiger partial charge in [-0.25, -0.2) is 9.97 Å². The average molecular weight is 675 g/mol. The Morgan fingerprint density at radius 1 is 1.00 bits per heavy atom. The Kier molecular flexibility index (Phi) is 8.30. The van der Waals surface area contributed by atoms with Gasteiger partial charge in [-0.15, -0.1) is 0 Å². The molecule has 6 rings (SSSR count). The number of alkyl halides is 3. The van der Waals surface area contributed by atoms with Gasteiger partial charge in [0.2, 0.25) is 0 Å². The second-order valence-corrected chi connectivity index (χ2v) is 12.6. The van der Waals surface area contributed by atoms with E-state index in [-0.39, 0.29) is 25.0 Å². The van der Waals surface area contributed by atoms with Crippen LogP contribution in [0.4, 0.5) is 18.9 Å². The minimum absolute atomic E-state index is 0.0659. The van der Waals surface area contributed by atoms with E-state index in [1.54, 1.807) is 6.07 Å². The van der Waals surface area contributed by atoms with Crippen LogP contribution in [-0.2, 0) is 36.5 Å². The molecule has 4 aromatic rings. The standard InChI is InChI=1S/C32H28BrClF3N3OS/c1-42-30-38-25-16-31(41-19-23(25)29(34)39-30)15-14-24(32(35,36)37)22-12-13-26(28(33)27(22)31)40(17-20-8-4-2-5-9-20)18-21-10-6-3-7-11-21/h2-13,24H,14-19H2,1H3/t24-,31-/m0/s1. The van der Waals surface area contributed by atoms with Gasteiger partial charge in [-0.3, -0.25) is 0 Å². The maximum Gasteiger partial charge on any atom is 0.395 e. The molecule has 2 heterocycles. The second kappa shape index (κ2) is 11.8. The fourth-order valence-corrected chi connectivity index (χ4v) is 7.77. The molecule has 2 atom stereocenters. The summed E-state index contributed by atoms with van der Waals surface area (Å²) in [6, 6.07) is 23.6. The van der Waals surface area contributed by atoms with Crippen LogP contribution in [0.3, 0.4) is 0 Å². The van der Waals surface area contributed by atoms with Crippen LogP contribution in [0.1, 0.15) is 52.3 Å². The highest BCUT2D eigenvalue weighted by Crippen LogP contribution is 2.56. The van der Waals surface area contributed by atoms with Gasteiger partial charge in [0.1, 0.15) is 10.8 Å². The molecule has 0 amide bonds. The first-order chi connectivity index (χ1) is 20.2. The van der Waals surface area contributed by atoms with Gasteiger partial charge >= 0.3 is 6.18 Å². The van der Waals surface area contributed by atoms with Crippen molar-refractivity contribution in [1.29, 1.82) is 0 Å². The van der Waals surface area contributed by atoms with E-state index >= 15 is 0 Å². The number of anilines is 1. The summed E-state index contributed by atoms with van der Waals surface area (Å²) in [6.45, 7) is 1.28. The Morgan fingerprint density at radius 3 is 2.24 bits per heavy atom. The predicted octanol–water partition coefficient (Wildman–Crippen LogP) is 9.23. The lowest BCUT2D eigenvalue weighted by molar-refractivity contribution is -0.165. The number of thioether (sulfide) groups is 1. The third kappa shape index (κ3) is 5.68. The number of ether oxygens (including phenoxy) is 1. The zero-order valence-electron chi connectivity index (χ0n) is 22.8. The zero-order chi connectivity index (χ0) is 29.5. The number of halogens is 5. The van der Waals surface area contributed by atoms with E-state index in [1.807, 2.05) is 48.7 Å². The van der Waals surface area contributed by atoms with E-state index in [1.165, 1.54) is 11.8 Å². The van der Waals surface area contributed by atoms with Crippen LogP contribution in [-0.4, -0.2) is 22.4 Å². The quantitative estimate of drug-likeness (QED) is 0.116. The van der Waals surface area contributed by atoms with Crippen molar-refractivity contribution in [3.05, 3.63) is 116 Å². The molecule has 0 saturated heterocycles. The van der Waals surface area contributed by atoms with Gasteiger partial charge in [-0.05, 0) is 57.8 Å². The maximum absolute atomic E-state index is 14.4. The SMILES string of the molecule is CSc1nc(Cl)c2c(n1)C[C@]1(CC[C@H](C(F)(F)F)c3ccc(N(Cc4ccccc4)Cc4ccccc4)c(Br)c31)OC2. The molecule has 0 saturated carbocycles. The molecular weight excluding hydrogens is 647 g/mol. The first-order valence-corrected chi connectivity index (χ1v) is 16.0. The summed E-state index contributed by atoms with van der Waals surface area (Å²) in [5.74, 6) is -1.58. The van der Waals surface area contributed by atoms with Crippen LogP contribution in [0, 0.1) is 0 Å². The number of fused-ring (bicyclic) bond motifs is 3. The van der Waals surface area contributed by atoms with Gasteiger partial charge < -0.3 is 9.64 Å². The topological polar surface area (TPSA) is 38.2 Å². The van der Waals surface area contributed by atoms with Gasteiger partial charge in [0.05, 0.1) is 23.9 Å². The molecule has 0 fully saturated rings. The van der Waals surface area contributed by atoms with Crippen LogP contribution in [0.25, 0.3) is 0 Å². The Bertz CT molecular complexity index is 1550. The molecule has 3 aromatic carbocycles. The first-order valence-electron chi connectivity index (χ1n) is 13.6. The molecule has 0 bridgehead atoms. The fourth-order valence-electron chi connectivity index (χ4n) is 6.12. The van der Waals surface area contributed by atoms with Crippen molar-refractivity contribution in [3.63, 3.8) is 0 Å². The van der Waals surface area contributed by atoms with Crippen LogP contribution < -0.4 is 4.90 Å². The van der Waals surface area contributed by atoms with Crippen LogP contribution in [0.2, 0.25) is 5.15 Å². The van der Waals surface area contributed by atoms with E-state index in [0.717, 1.165) is 22.5 Å². The lowest BCUT2D eigenvalue weighted by Gasteiger charge is -2.46. The third-order valence-electron chi connectivity index (χ3n) is 8.14. The summed E-state index contributed by atoms with van der Waals surface area (Å²) in [5, 5.41) is 0.859. The summed E-state index contributed by atoms with van der Waals surface area (Å²) < 4.78 is 50.4. The normalized spacial score (nSPS) is 19.8. The summed E-state index contributed by atoms with van der Waals surface area (Å²) in [6.07, 6.45) is -2.05. The van der Waals surface area contributed by atoms with Gasteiger partial charge in [0.15, 0.2) is 5.16 Å². The first kappa shape index (κ1) is 29.5. The van der Waals surface area contributed by atoms with Crippen LogP contribution in [0.5, 0.6) is 0 Å². The van der Waals surface area contributed by atoms with Gasteiger partial charge in [-0.1, -0.05) is 90.1 Å². The van der Waals surface area contributed by atoms with Crippen molar-refractivity contribution in [2.24, 2.45) is 0 Å². The zero-order valence-corrected chi connectivity index (χ0v) is 26.0. The van der Waals surface area contributed by atoms with E-state index in [4.69, 9.17) is 21.3 Å². The number of benzene rings is 3. The highest BCUT2D eigenvalue weighted by atomic mass is 79.9. The fraction of sp³-hybridized carbons (Fsp3) is 0.312. The van der Waals surface area contributed by atoms with Crippen LogP contribution >= 0.6 is 39.3 Å². The summed E-state index contributed by atoms with van der Waals surface area (Å²) >= 11 is 11.7. The molecular formula is C32H28BrClF3N3OS. The number of nitrogens with zero attached hydrogens (tertiary/aromatic N) is 3. The molecule has 2 aliphatic rings. The summed E-state index contributed by atoms with van der Waals surface area (Å²) in [7, 11) is 0. The molecule has 1 aromatic heterocycles. The highest BCUT2D eigenvalue weighted by molar-refractivity contribution is 9.10. The molecule has 10 heteroatoms. The number of rotatable bonds is 6. The average Bonchev–Trinajstić information content (AvgIpc) is 2.97. The highest BCUT2D eigenvalue weighted by Gasteiger charge is 2.52. The van der Waals surface area contributed by atoms with Crippen molar-refractivity contribution < 1.29 is 17.9 Å². The number of aromatic nitrogens is 2. The molecule has 1 aliphatic carbocycles. The van der Waals surface area contributed by atoms with Crippen molar-refractivity contribution in [1.82, 2.24) is 9.97 Å². The predicted molar refractivity (Wildman–Crippen MR) is 164 cm³/mol. The number of hydrogen-bond donors (Lipinski definition) is 0. The van der Waals surface area contributed by atoms with Crippen molar-refractivity contribution >= 4 is 45.0 Å². The monoisotopic (exact) mass is 673 g/mol. The molecule has 1 spiro atoms. The van der Waals surface area contributed by atoms with E-state index in [0.29, 0.717) is 45.4 Å². The molecule has 42 heavy (non-hydrogen) atoms. The Morgan fingerprint density at radius 2 is 1.64 bits per heavy atom. The van der Waals surface area contributed by atoms with Crippen molar-refractivity contribution in [2.75, 3.05) is 11.2 Å². The van der Waals surface area contributed by atoms with Crippen molar-refractivity contribution in [3.8, 4) is 0 Å². The van der Waals surface area contributed by atoms with Gasteiger partial charge in [0.25, 0.3) is 0 Å². The molecule has 4 nitrogen and oxygen atoms in total. The lowest BCUT2D eigenvalue weighted by atomic mass is 9.70. The molecule has 0 N–H and O–H groups in total. The van der Waals surface area contributed by atoms with Gasteiger partial charge in [-0.2, -0.15) is 13.2 Å². The molecule has 0 radical (unpaired) electrons. The summed E-state index contributed by atoms with van der Waals surface area (Å²) in [5.41, 5.74) is 4.23. The van der Waals surface area contributed by atoms with E-state index < -0.39 is 17.7 Å². The minimum atomic E-state index is -4.38. The van der Waals surface area contributed by atoms with E-state index in [2.05, 4.69) is 50.1 Å². The van der Waals surface area contributed by atoms with Crippen molar-refractivity contribution in [2.45, 2.75) is 61.8 Å². The molecule has 1 aliphatic heterocycles. The Hall–Kier alpha value is -2.59. The Balaban J connectivity index is 1.50. The van der Waals surface area contributed by atoms with Crippen LogP contribution in [0.15, 0.2) is 82.4 Å². The number of hydrogen-bond acceptors (Lipinski definition) is 5. The van der Waals surface area contributed by atoms with Gasteiger partial charge in [0, 0.05) is 35.1 Å². The lowest BCUT2D eigenvalue weighted by Crippen LogP contribution is -2.43. The summed E-state index contributed by atoms with van der Waals surface area (Å²) in [4.78, 5) is 11.3. The maximum atomic E-state index is 14.4.